The summed E-state index contributed by atoms with van der Waals surface area (Å²) in [7, 11) is -3.55. The second-order valence-corrected chi connectivity index (χ2v) is 8.17. The molecular formula is C13H24N4O2S2. The standard InChI is InChI=1S/C13H24N4O2S2/c1-3-6-14-9-12-10(2)15-16-13(12)21(18,19)17-11-4-7-20-8-5-11/h11,14,17H,3-9H2,1-2H3,(H,15,16). The minimum atomic E-state index is -3.55. The van der Waals surface area contributed by atoms with Crippen molar-refractivity contribution in [1.82, 2.24) is 20.2 Å². The first-order valence-corrected chi connectivity index (χ1v) is 10.0. The monoisotopic (exact) mass is 332 g/mol. The Hall–Kier alpha value is -0.570. The second-order valence-electron chi connectivity index (χ2n) is 5.32. The van der Waals surface area contributed by atoms with Gasteiger partial charge >= 0.3 is 0 Å². The highest BCUT2D eigenvalue weighted by Crippen LogP contribution is 2.21. The van der Waals surface area contributed by atoms with E-state index in [1.807, 2.05) is 18.7 Å². The molecule has 6 nitrogen and oxygen atoms in total. The van der Waals surface area contributed by atoms with Crippen LogP contribution in [0.15, 0.2) is 5.03 Å². The molecule has 0 aliphatic carbocycles. The lowest BCUT2D eigenvalue weighted by Crippen LogP contribution is -2.38. The van der Waals surface area contributed by atoms with Crippen molar-refractivity contribution in [2.45, 2.75) is 50.7 Å². The van der Waals surface area contributed by atoms with E-state index < -0.39 is 10.0 Å². The van der Waals surface area contributed by atoms with Crippen LogP contribution in [-0.4, -0.2) is 42.7 Å². The molecule has 1 aromatic heterocycles. The molecule has 1 fully saturated rings. The van der Waals surface area contributed by atoms with E-state index in [4.69, 9.17) is 0 Å². The molecule has 1 aliphatic rings. The molecule has 0 aromatic carbocycles. The van der Waals surface area contributed by atoms with E-state index in [2.05, 4.69) is 27.2 Å². The molecule has 0 radical (unpaired) electrons. The molecule has 0 atom stereocenters. The summed E-state index contributed by atoms with van der Waals surface area (Å²) in [5, 5.41) is 10.2. The maximum Gasteiger partial charge on any atom is 0.260 e. The number of aromatic nitrogens is 2. The Bertz CT molecular complexity index is 551. The van der Waals surface area contributed by atoms with Gasteiger partial charge in [-0.05, 0) is 44.2 Å². The number of aryl methyl sites for hydroxylation is 1. The predicted molar refractivity (Wildman–Crippen MR) is 86.0 cm³/mol. The molecule has 2 rings (SSSR count). The molecule has 1 aliphatic heterocycles. The van der Waals surface area contributed by atoms with Crippen LogP contribution in [0.25, 0.3) is 0 Å². The molecule has 1 saturated heterocycles. The molecule has 3 N–H and O–H groups in total. The van der Waals surface area contributed by atoms with Crippen LogP contribution in [0.5, 0.6) is 0 Å². The van der Waals surface area contributed by atoms with Crippen LogP contribution in [0.4, 0.5) is 0 Å². The summed E-state index contributed by atoms with van der Waals surface area (Å²) in [5.74, 6) is 2.02. The Morgan fingerprint density at radius 1 is 1.38 bits per heavy atom. The normalized spacial score (nSPS) is 17.2. The van der Waals surface area contributed by atoms with Crippen molar-refractivity contribution in [3.8, 4) is 0 Å². The first-order valence-electron chi connectivity index (χ1n) is 7.39. The zero-order chi connectivity index (χ0) is 15.3. The number of nitrogens with one attached hydrogen (secondary N) is 3. The van der Waals surface area contributed by atoms with Gasteiger partial charge in [-0.1, -0.05) is 6.92 Å². The minimum Gasteiger partial charge on any atom is -0.313 e. The van der Waals surface area contributed by atoms with Gasteiger partial charge in [-0.15, -0.1) is 0 Å². The van der Waals surface area contributed by atoms with Gasteiger partial charge in [0.15, 0.2) is 5.03 Å². The summed E-state index contributed by atoms with van der Waals surface area (Å²) < 4.78 is 27.9. The fraction of sp³-hybridized carbons (Fsp3) is 0.769. The SMILES string of the molecule is CCCNCc1c(S(=O)(=O)NC2CCSCC2)n[nH]c1C. The molecule has 21 heavy (non-hydrogen) atoms. The number of rotatable bonds is 7. The van der Waals surface area contributed by atoms with Gasteiger partial charge in [0.2, 0.25) is 0 Å². The summed E-state index contributed by atoms with van der Waals surface area (Å²) in [4.78, 5) is 0. The van der Waals surface area contributed by atoms with Crippen LogP contribution in [0.3, 0.4) is 0 Å². The van der Waals surface area contributed by atoms with E-state index in [9.17, 15) is 8.42 Å². The van der Waals surface area contributed by atoms with E-state index in [-0.39, 0.29) is 11.1 Å². The largest absolute Gasteiger partial charge is 0.313 e. The number of H-pyrrole nitrogens is 1. The number of hydrogen-bond donors (Lipinski definition) is 3. The van der Waals surface area contributed by atoms with E-state index in [0.29, 0.717) is 6.54 Å². The van der Waals surface area contributed by atoms with Crippen molar-refractivity contribution >= 4 is 21.8 Å². The van der Waals surface area contributed by atoms with Crippen molar-refractivity contribution in [3.63, 3.8) is 0 Å². The smallest absolute Gasteiger partial charge is 0.260 e. The maximum absolute atomic E-state index is 12.5. The van der Waals surface area contributed by atoms with E-state index >= 15 is 0 Å². The molecule has 8 heteroatoms. The molecule has 120 valence electrons. The molecule has 1 aromatic rings. The number of thioether (sulfide) groups is 1. The Kier molecular flexibility index (Phi) is 6.09. The summed E-state index contributed by atoms with van der Waals surface area (Å²) in [6.45, 7) is 5.31. The fourth-order valence-electron chi connectivity index (χ4n) is 2.34. The third kappa shape index (κ3) is 4.45. The van der Waals surface area contributed by atoms with Gasteiger partial charge in [-0.2, -0.15) is 16.9 Å². The first-order chi connectivity index (χ1) is 10.0. The summed E-state index contributed by atoms with van der Waals surface area (Å²) in [5.41, 5.74) is 1.54. The predicted octanol–water partition coefficient (Wildman–Crippen LogP) is 1.39. The van der Waals surface area contributed by atoms with Crippen LogP contribution < -0.4 is 10.0 Å². The van der Waals surface area contributed by atoms with E-state index in [1.165, 1.54) is 0 Å². The average molecular weight is 332 g/mol. The molecule has 0 spiro atoms. The van der Waals surface area contributed by atoms with Crippen molar-refractivity contribution in [2.24, 2.45) is 0 Å². The third-order valence-corrected chi connectivity index (χ3v) is 6.10. The third-order valence-electron chi connectivity index (χ3n) is 3.56. The van der Waals surface area contributed by atoms with Gasteiger partial charge in [-0.3, -0.25) is 5.10 Å². The fourth-order valence-corrected chi connectivity index (χ4v) is 4.95. The highest BCUT2D eigenvalue weighted by molar-refractivity contribution is 7.99. The Morgan fingerprint density at radius 3 is 2.76 bits per heavy atom. The van der Waals surface area contributed by atoms with E-state index in [1.54, 1.807) is 0 Å². The van der Waals surface area contributed by atoms with Crippen LogP contribution in [-0.2, 0) is 16.6 Å². The number of nitrogens with zero attached hydrogens (tertiary/aromatic N) is 1. The Balaban J connectivity index is 2.11. The summed E-state index contributed by atoms with van der Waals surface area (Å²) in [6, 6.07) is 0.0321. The highest BCUT2D eigenvalue weighted by Gasteiger charge is 2.27. The minimum absolute atomic E-state index is 0.0321. The van der Waals surface area contributed by atoms with Crippen molar-refractivity contribution < 1.29 is 8.42 Å². The Labute approximate surface area is 130 Å². The topological polar surface area (TPSA) is 86.9 Å². The lowest BCUT2D eigenvalue weighted by Gasteiger charge is -2.22. The second kappa shape index (κ2) is 7.62. The first kappa shape index (κ1) is 16.8. The number of aromatic amines is 1. The summed E-state index contributed by atoms with van der Waals surface area (Å²) >= 11 is 1.87. The van der Waals surface area contributed by atoms with Crippen molar-refractivity contribution in [3.05, 3.63) is 11.3 Å². The van der Waals surface area contributed by atoms with Gasteiger partial charge in [-0.25, -0.2) is 13.1 Å². The van der Waals surface area contributed by atoms with Gasteiger partial charge in [0.25, 0.3) is 10.0 Å². The van der Waals surface area contributed by atoms with Crippen molar-refractivity contribution in [2.75, 3.05) is 18.1 Å². The van der Waals surface area contributed by atoms with Gasteiger partial charge in [0.05, 0.1) is 0 Å². The molecule has 0 bridgehead atoms. The lowest BCUT2D eigenvalue weighted by molar-refractivity contribution is 0.524. The highest BCUT2D eigenvalue weighted by atomic mass is 32.2. The van der Waals surface area contributed by atoms with Gasteiger partial charge in [0.1, 0.15) is 0 Å². The van der Waals surface area contributed by atoms with Crippen molar-refractivity contribution in [1.29, 1.82) is 0 Å². The van der Waals surface area contributed by atoms with Crippen LogP contribution in [0.2, 0.25) is 0 Å². The van der Waals surface area contributed by atoms with Crippen LogP contribution >= 0.6 is 11.8 Å². The maximum atomic E-state index is 12.5. The Morgan fingerprint density at radius 2 is 2.10 bits per heavy atom. The van der Waals surface area contributed by atoms with Crippen LogP contribution in [0, 0.1) is 6.92 Å². The lowest BCUT2D eigenvalue weighted by atomic mass is 10.2. The van der Waals surface area contributed by atoms with Gasteiger partial charge in [0, 0.05) is 23.8 Å². The van der Waals surface area contributed by atoms with E-state index in [0.717, 1.165) is 48.6 Å². The molecule has 0 amide bonds. The van der Waals surface area contributed by atoms with Crippen LogP contribution in [0.1, 0.15) is 37.4 Å². The molecule has 0 saturated carbocycles. The quantitative estimate of drug-likeness (QED) is 0.657. The van der Waals surface area contributed by atoms with Gasteiger partial charge < -0.3 is 5.32 Å². The number of sulfonamides is 1. The molecule has 0 unspecified atom stereocenters. The zero-order valence-electron chi connectivity index (χ0n) is 12.6. The summed E-state index contributed by atoms with van der Waals surface area (Å²) in [6.07, 6.45) is 2.78. The number of hydrogen-bond acceptors (Lipinski definition) is 5. The molecule has 2 heterocycles. The zero-order valence-corrected chi connectivity index (χ0v) is 14.2. The average Bonchev–Trinajstić information content (AvgIpc) is 2.82. The molecular weight excluding hydrogens is 308 g/mol.